The van der Waals surface area contributed by atoms with Crippen molar-refractivity contribution < 1.29 is 4.74 Å². The fourth-order valence-corrected chi connectivity index (χ4v) is 1.36. The van der Waals surface area contributed by atoms with Crippen molar-refractivity contribution in [1.82, 2.24) is 9.97 Å². The molecule has 96 valence electrons. The van der Waals surface area contributed by atoms with Crippen LogP contribution in [0.2, 0.25) is 0 Å². The van der Waals surface area contributed by atoms with Crippen LogP contribution in [-0.2, 0) is 11.3 Å². The second-order valence-electron chi connectivity index (χ2n) is 4.29. The van der Waals surface area contributed by atoms with E-state index in [9.17, 15) is 0 Å². The van der Waals surface area contributed by atoms with Gasteiger partial charge in [-0.05, 0) is 12.8 Å². The molecule has 0 atom stereocenters. The highest BCUT2D eigenvalue weighted by Crippen LogP contribution is 2.12. The Morgan fingerprint density at radius 2 is 1.88 bits per heavy atom. The van der Waals surface area contributed by atoms with Gasteiger partial charge >= 0.3 is 0 Å². The van der Waals surface area contributed by atoms with Crippen LogP contribution in [0.25, 0.3) is 0 Å². The van der Waals surface area contributed by atoms with Gasteiger partial charge in [-0.1, -0.05) is 13.8 Å². The predicted octanol–water partition coefficient (Wildman–Crippen LogP) is 2.12. The molecule has 0 spiro atoms. The fraction of sp³-hybridized carbons (Fsp3) is 0.667. The molecule has 0 saturated heterocycles. The van der Waals surface area contributed by atoms with Crippen LogP contribution in [0.3, 0.4) is 0 Å². The molecule has 2 N–H and O–H groups in total. The molecule has 0 radical (unpaired) electrons. The summed E-state index contributed by atoms with van der Waals surface area (Å²) in [5.41, 5.74) is 0. The highest BCUT2D eigenvalue weighted by Gasteiger charge is 2.04. The summed E-state index contributed by atoms with van der Waals surface area (Å²) in [6.07, 6.45) is 0. The van der Waals surface area contributed by atoms with Gasteiger partial charge in [-0.2, -0.15) is 0 Å². The van der Waals surface area contributed by atoms with Crippen LogP contribution in [0.5, 0.6) is 0 Å². The van der Waals surface area contributed by atoms with E-state index in [1.807, 2.05) is 13.0 Å². The van der Waals surface area contributed by atoms with Crippen LogP contribution in [0.15, 0.2) is 6.07 Å². The Bertz CT molecular complexity index is 317. The third-order valence-corrected chi connectivity index (χ3v) is 2.10. The van der Waals surface area contributed by atoms with Crippen LogP contribution in [-0.4, -0.2) is 30.2 Å². The number of hydrogen-bond donors (Lipinski definition) is 2. The van der Waals surface area contributed by atoms with Gasteiger partial charge in [0, 0.05) is 26.3 Å². The van der Waals surface area contributed by atoms with Crippen LogP contribution in [0.1, 0.15) is 26.6 Å². The normalized spacial score (nSPS) is 10.6. The lowest BCUT2D eigenvalue weighted by Crippen LogP contribution is -2.12. The summed E-state index contributed by atoms with van der Waals surface area (Å²) in [5, 5.41) is 6.48. The molecule has 5 heteroatoms. The first-order valence-electron chi connectivity index (χ1n) is 6.00. The lowest BCUT2D eigenvalue weighted by atomic mass is 10.2. The Morgan fingerprint density at radius 3 is 2.41 bits per heavy atom. The molecule has 1 rings (SSSR count). The number of nitrogens with one attached hydrogen (secondary N) is 2. The number of rotatable bonds is 7. The van der Waals surface area contributed by atoms with Crippen LogP contribution in [0.4, 0.5) is 11.6 Å². The maximum absolute atomic E-state index is 5.06. The largest absolute Gasteiger partial charge is 0.377 e. The van der Waals surface area contributed by atoms with E-state index in [1.54, 1.807) is 7.11 Å². The van der Waals surface area contributed by atoms with E-state index in [2.05, 4.69) is 34.4 Å². The third kappa shape index (κ3) is 4.99. The molecule has 0 aliphatic carbocycles. The van der Waals surface area contributed by atoms with Crippen molar-refractivity contribution in [1.29, 1.82) is 0 Å². The molecule has 1 aromatic rings. The molecular weight excluding hydrogens is 216 g/mol. The van der Waals surface area contributed by atoms with Crippen molar-refractivity contribution in [3.05, 3.63) is 11.9 Å². The number of aromatic nitrogens is 2. The molecule has 0 aliphatic rings. The zero-order valence-electron chi connectivity index (χ0n) is 11.1. The van der Waals surface area contributed by atoms with Crippen molar-refractivity contribution in [2.75, 3.05) is 30.8 Å². The summed E-state index contributed by atoms with van der Waals surface area (Å²) < 4.78 is 5.06. The van der Waals surface area contributed by atoms with E-state index in [4.69, 9.17) is 4.74 Å². The van der Waals surface area contributed by atoms with Crippen LogP contribution >= 0.6 is 0 Å². The quantitative estimate of drug-likeness (QED) is 0.762. The Kier molecular flexibility index (Phi) is 5.69. The van der Waals surface area contributed by atoms with Gasteiger partial charge in [0.15, 0.2) is 5.82 Å². The Labute approximate surface area is 103 Å². The first-order chi connectivity index (χ1) is 8.15. The molecular formula is C12H22N4O. The standard InChI is InChI=1S/C12H22N4O/c1-5-13-10-6-11(14-7-9(2)3)16-12(15-10)8-17-4/h6,9H,5,7-8H2,1-4H3,(H2,13,14,15,16). The minimum atomic E-state index is 0.426. The molecule has 1 aromatic heterocycles. The van der Waals surface area contributed by atoms with Gasteiger partial charge in [0.1, 0.15) is 18.2 Å². The van der Waals surface area contributed by atoms with Crippen molar-refractivity contribution >= 4 is 11.6 Å². The predicted molar refractivity (Wildman–Crippen MR) is 70.2 cm³/mol. The van der Waals surface area contributed by atoms with E-state index in [1.165, 1.54) is 0 Å². The third-order valence-electron chi connectivity index (χ3n) is 2.10. The fourth-order valence-electron chi connectivity index (χ4n) is 1.36. The van der Waals surface area contributed by atoms with Gasteiger partial charge in [0.25, 0.3) is 0 Å². The number of anilines is 2. The summed E-state index contributed by atoms with van der Waals surface area (Å²) >= 11 is 0. The van der Waals surface area contributed by atoms with E-state index in [0.29, 0.717) is 18.3 Å². The molecule has 0 bridgehead atoms. The second-order valence-corrected chi connectivity index (χ2v) is 4.29. The van der Waals surface area contributed by atoms with Gasteiger partial charge in [-0.15, -0.1) is 0 Å². The smallest absolute Gasteiger partial charge is 0.158 e. The van der Waals surface area contributed by atoms with Gasteiger partial charge in [0.05, 0.1) is 0 Å². The molecule has 0 unspecified atom stereocenters. The molecule has 0 amide bonds. The van der Waals surface area contributed by atoms with Crippen molar-refractivity contribution in [2.24, 2.45) is 5.92 Å². The molecule has 0 aromatic carbocycles. The molecule has 0 aliphatic heterocycles. The number of hydrogen-bond acceptors (Lipinski definition) is 5. The number of ether oxygens (including phenoxy) is 1. The average Bonchev–Trinajstić information content (AvgIpc) is 2.27. The number of methoxy groups -OCH3 is 1. The zero-order valence-corrected chi connectivity index (χ0v) is 11.1. The van der Waals surface area contributed by atoms with Gasteiger partial charge in [-0.3, -0.25) is 0 Å². The summed E-state index contributed by atoms with van der Waals surface area (Å²) in [4.78, 5) is 8.74. The van der Waals surface area contributed by atoms with Crippen molar-refractivity contribution in [3.8, 4) is 0 Å². The van der Waals surface area contributed by atoms with Gasteiger partial charge < -0.3 is 15.4 Å². The monoisotopic (exact) mass is 238 g/mol. The Hall–Kier alpha value is -1.36. The summed E-state index contributed by atoms with van der Waals surface area (Å²) in [6, 6.07) is 1.92. The van der Waals surface area contributed by atoms with E-state index < -0.39 is 0 Å². The first-order valence-corrected chi connectivity index (χ1v) is 6.00. The minimum absolute atomic E-state index is 0.426. The summed E-state index contributed by atoms with van der Waals surface area (Å²) in [5.74, 6) is 2.95. The maximum Gasteiger partial charge on any atom is 0.158 e. The summed E-state index contributed by atoms with van der Waals surface area (Å²) in [7, 11) is 1.64. The first kappa shape index (κ1) is 13.7. The summed E-state index contributed by atoms with van der Waals surface area (Å²) in [6.45, 7) is 8.53. The van der Waals surface area contributed by atoms with E-state index >= 15 is 0 Å². The average molecular weight is 238 g/mol. The van der Waals surface area contributed by atoms with E-state index in [-0.39, 0.29) is 0 Å². The minimum Gasteiger partial charge on any atom is -0.377 e. The van der Waals surface area contributed by atoms with Crippen LogP contribution < -0.4 is 10.6 Å². The SMILES string of the molecule is CCNc1cc(NCC(C)C)nc(COC)n1. The maximum atomic E-state index is 5.06. The second kappa shape index (κ2) is 7.06. The lowest BCUT2D eigenvalue weighted by Gasteiger charge is -2.11. The Morgan fingerprint density at radius 1 is 1.24 bits per heavy atom. The molecule has 0 saturated carbocycles. The van der Waals surface area contributed by atoms with Crippen LogP contribution in [0, 0.1) is 5.92 Å². The molecule has 17 heavy (non-hydrogen) atoms. The Balaban J connectivity index is 2.79. The highest BCUT2D eigenvalue weighted by atomic mass is 16.5. The highest BCUT2D eigenvalue weighted by molar-refractivity contribution is 5.47. The van der Waals surface area contributed by atoms with Crippen molar-refractivity contribution in [3.63, 3.8) is 0 Å². The molecule has 5 nitrogen and oxygen atoms in total. The lowest BCUT2D eigenvalue weighted by molar-refractivity contribution is 0.178. The molecule has 1 heterocycles. The van der Waals surface area contributed by atoms with E-state index in [0.717, 1.165) is 24.7 Å². The molecule has 0 fully saturated rings. The van der Waals surface area contributed by atoms with Gasteiger partial charge in [-0.25, -0.2) is 9.97 Å². The van der Waals surface area contributed by atoms with Gasteiger partial charge in [0.2, 0.25) is 0 Å². The number of nitrogens with zero attached hydrogens (tertiary/aromatic N) is 2. The van der Waals surface area contributed by atoms with Crippen molar-refractivity contribution in [2.45, 2.75) is 27.4 Å². The zero-order chi connectivity index (χ0) is 12.7. The topological polar surface area (TPSA) is 59.1 Å².